The Kier molecular flexibility index (Phi) is 4.62. The Balaban J connectivity index is 1.57. The van der Waals surface area contributed by atoms with Gasteiger partial charge in [-0.2, -0.15) is 0 Å². The number of carbonyl (C=O) groups is 2. The quantitative estimate of drug-likeness (QED) is 0.738. The van der Waals surface area contributed by atoms with Crippen molar-refractivity contribution in [3.05, 3.63) is 53.3 Å². The number of hydrogen-bond acceptors (Lipinski definition) is 6. The maximum atomic E-state index is 12.0. The van der Waals surface area contributed by atoms with E-state index in [1.165, 1.54) is 22.3 Å². The molecule has 2 N–H and O–H groups in total. The number of thiazole rings is 1. The molecule has 0 unspecified atom stereocenters. The first kappa shape index (κ1) is 15.8. The molecule has 0 radical (unpaired) electrons. The summed E-state index contributed by atoms with van der Waals surface area (Å²) in [4.78, 5) is 32.1. The van der Waals surface area contributed by atoms with Crippen molar-refractivity contribution in [1.82, 2.24) is 19.7 Å². The van der Waals surface area contributed by atoms with E-state index in [1.807, 2.05) is 18.4 Å². The third kappa shape index (κ3) is 4.02. The molecule has 3 rings (SSSR count). The lowest BCUT2D eigenvalue weighted by molar-refractivity contribution is -0.116. The van der Waals surface area contributed by atoms with Crippen molar-refractivity contribution in [2.75, 3.05) is 10.6 Å². The van der Waals surface area contributed by atoms with Crippen LogP contribution in [0.25, 0.3) is 0 Å². The number of aryl methyl sites for hydroxylation is 1. The SMILES string of the molecule is Cc1csc(NC(=O)Cn2cnc(NC(=O)c3ccccc3)n2)n1. The number of benzene rings is 1. The minimum Gasteiger partial charge on any atom is -0.300 e. The van der Waals surface area contributed by atoms with Crippen molar-refractivity contribution in [3.8, 4) is 0 Å². The molecular formula is C15H14N6O2S. The summed E-state index contributed by atoms with van der Waals surface area (Å²) < 4.78 is 1.34. The van der Waals surface area contributed by atoms with E-state index >= 15 is 0 Å². The van der Waals surface area contributed by atoms with Crippen LogP contribution in [0.5, 0.6) is 0 Å². The fourth-order valence-electron chi connectivity index (χ4n) is 1.91. The summed E-state index contributed by atoms with van der Waals surface area (Å²) in [7, 11) is 0. The van der Waals surface area contributed by atoms with Gasteiger partial charge in [0.15, 0.2) is 5.13 Å². The minimum absolute atomic E-state index is 0.0210. The second kappa shape index (κ2) is 7.01. The summed E-state index contributed by atoms with van der Waals surface area (Å²) in [5.74, 6) is -0.437. The summed E-state index contributed by atoms with van der Waals surface area (Å²) in [6.45, 7) is 1.83. The van der Waals surface area contributed by atoms with Gasteiger partial charge in [-0.25, -0.2) is 14.6 Å². The van der Waals surface area contributed by atoms with Gasteiger partial charge in [0.2, 0.25) is 11.9 Å². The molecular weight excluding hydrogens is 328 g/mol. The van der Waals surface area contributed by atoms with Gasteiger partial charge in [0.05, 0.1) is 5.69 Å². The minimum atomic E-state index is -0.309. The van der Waals surface area contributed by atoms with Gasteiger partial charge in [-0.05, 0) is 19.1 Å². The molecule has 0 aliphatic rings. The normalized spacial score (nSPS) is 10.4. The Morgan fingerprint density at radius 1 is 1.21 bits per heavy atom. The molecule has 0 aliphatic heterocycles. The molecule has 0 bridgehead atoms. The predicted molar refractivity (Wildman–Crippen MR) is 89.9 cm³/mol. The zero-order valence-electron chi connectivity index (χ0n) is 12.8. The van der Waals surface area contributed by atoms with Crippen LogP contribution in [-0.4, -0.2) is 31.6 Å². The highest BCUT2D eigenvalue weighted by Gasteiger charge is 2.11. The summed E-state index contributed by atoms with van der Waals surface area (Å²) >= 11 is 1.35. The van der Waals surface area contributed by atoms with Crippen LogP contribution < -0.4 is 10.6 Å². The zero-order valence-corrected chi connectivity index (χ0v) is 13.6. The summed E-state index contributed by atoms with van der Waals surface area (Å²) in [5, 5.41) is 11.7. The van der Waals surface area contributed by atoms with Gasteiger partial charge in [0.25, 0.3) is 5.91 Å². The molecule has 2 aromatic heterocycles. The van der Waals surface area contributed by atoms with Crippen LogP contribution >= 0.6 is 11.3 Å². The number of amides is 2. The number of nitrogens with zero attached hydrogens (tertiary/aromatic N) is 4. The average Bonchev–Trinajstić information content (AvgIpc) is 3.17. The number of nitrogens with one attached hydrogen (secondary N) is 2. The lowest BCUT2D eigenvalue weighted by atomic mass is 10.2. The van der Waals surface area contributed by atoms with E-state index in [0.717, 1.165) is 5.69 Å². The topological polar surface area (TPSA) is 102 Å². The van der Waals surface area contributed by atoms with E-state index < -0.39 is 0 Å². The number of anilines is 2. The Hall–Kier alpha value is -3.07. The van der Waals surface area contributed by atoms with Crippen LogP contribution in [0.4, 0.5) is 11.1 Å². The van der Waals surface area contributed by atoms with Crippen LogP contribution in [0, 0.1) is 6.92 Å². The number of aromatic nitrogens is 4. The van der Waals surface area contributed by atoms with Crippen LogP contribution in [0.2, 0.25) is 0 Å². The molecule has 122 valence electrons. The fraction of sp³-hybridized carbons (Fsp3) is 0.133. The third-order valence-corrected chi connectivity index (χ3v) is 3.84. The first-order chi connectivity index (χ1) is 11.6. The molecule has 2 heterocycles. The largest absolute Gasteiger partial charge is 0.300 e. The fourth-order valence-corrected chi connectivity index (χ4v) is 2.61. The Bertz CT molecular complexity index is 858. The Morgan fingerprint density at radius 2 is 2.00 bits per heavy atom. The summed E-state index contributed by atoms with van der Waals surface area (Å²) in [6.07, 6.45) is 1.38. The van der Waals surface area contributed by atoms with E-state index in [9.17, 15) is 9.59 Å². The molecule has 0 fully saturated rings. The van der Waals surface area contributed by atoms with Gasteiger partial charge in [-0.3, -0.25) is 14.9 Å². The van der Waals surface area contributed by atoms with E-state index in [-0.39, 0.29) is 24.3 Å². The van der Waals surface area contributed by atoms with Gasteiger partial charge in [0, 0.05) is 10.9 Å². The van der Waals surface area contributed by atoms with Crippen molar-refractivity contribution >= 4 is 34.2 Å². The van der Waals surface area contributed by atoms with E-state index in [1.54, 1.807) is 24.3 Å². The Labute approximate surface area is 141 Å². The van der Waals surface area contributed by atoms with Crippen molar-refractivity contribution in [1.29, 1.82) is 0 Å². The average molecular weight is 342 g/mol. The molecule has 8 nitrogen and oxygen atoms in total. The first-order valence-corrected chi connectivity index (χ1v) is 7.96. The van der Waals surface area contributed by atoms with Crippen molar-refractivity contribution in [2.24, 2.45) is 0 Å². The molecule has 0 saturated carbocycles. The molecule has 0 saturated heterocycles. The highest BCUT2D eigenvalue weighted by atomic mass is 32.1. The first-order valence-electron chi connectivity index (χ1n) is 7.08. The van der Waals surface area contributed by atoms with Crippen LogP contribution in [-0.2, 0) is 11.3 Å². The van der Waals surface area contributed by atoms with E-state index in [0.29, 0.717) is 10.7 Å². The lowest BCUT2D eigenvalue weighted by Crippen LogP contribution is -2.19. The smallest absolute Gasteiger partial charge is 0.258 e. The van der Waals surface area contributed by atoms with Crippen molar-refractivity contribution in [3.63, 3.8) is 0 Å². The van der Waals surface area contributed by atoms with Gasteiger partial charge in [-0.15, -0.1) is 16.4 Å². The molecule has 3 aromatic rings. The standard InChI is InChI=1S/C15H14N6O2S/c1-10-8-24-15(17-10)18-12(22)7-21-9-16-14(20-21)19-13(23)11-5-3-2-4-6-11/h2-6,8-9H,7H2,1H3,(H,17,18,22)(H,19,20,23). The second-order valence-electron chi connectivity index (χ2n) is 4.93. The predicted octanol–water partition coefficient (Wildman–Crippen LogP) is 1.93. The van der Waals surface area contributed by atoms with Crippen LogP contribution in [0.15, 0.2) is 42.0 Å². The van der Waals surface area contributed by atoms with Gasteiger partial charge in [-0.1, -0.05) is 18.2 Å². The molecule has 1 aromatic carbocycles. The monoisotopic (exact) mass is 342 g/mol. The highest BCUT2D eigenvalue weighted by Crippen LogP contribution is 2.14. The van der Waals surface area contributed by atoms with Crippen molar-refractivity contribution < 1.29 is 9.59 Å². The molecule has 0 aliphatic carbocycles. The van der Waals surface area contributed by atoms with Crippen LogP contribution in [0.1, 0.15) is 16.1 Å². The zero-order chi connectivity index (χ0) is 16.9. The lowest BCUT2D eigenvalue weighted by Gasteiger charge is -2.02. The molecule has 2 amide bonds. The molecule has 0 atom stereocenters. The van der Waals surface area contributed by atoms with Gasteiger partial charge < -0.3 is 5.32 Å². The van der Waals surface area contributed by atoms with Gasteiger partial charge >= 0.3 is 0 Å². The van der Waals surface area contributed by atoms with E-state index in [2.05, 4.69) is 25.7 Å². The molecule has 9 heteroatoms. The van der Waals surface area contributed by atoms with Crippen LogP contribution in [0.3, 0.4) is 0 Å². The maximum absolute atomic E-state index is 12.0. The molecule has 24 heavy (non-hydrogen) atoms. The molecule has 0 spiro atoms. The van der Waals surface area contributed by atoms with Crippen molar-refractivity contribution in [2.45, 2.75) is 13.5 Å². The highest BCUT2D eigenvalue weighted by molar-refractivity contribution is 7.13. The number of carbonyl (C=O) groups excluding carboxylic acids is 2. The van der Waals surface area contributed by atoms with Gasteiger partial charge in [0.1, 0.15) is 12.9 Å². The third-order valence-electron chi connectivity index (χ3n) is 2.97. The second-order valence-corrected chi connectivity index (χ2v) is 5.79. The number of hydrogen-bond donors (Lipinski definition) is 2. The van der Waals surface area contributed by atoms with E-state index in [4.69, 9.17) is 0 Å². The Morgan fingerprint density at radius 3 is 2.71 bits per heavy atom. The number of rotatable bonds is 5. The maximum Gasteiger partial charge on any atom is 0.258 e. The summed E-state index contributed by atoms with van der Waals surface area (Å²) in [6, 6.07) is 8.75. The summed E-state index contributed by atoms with van der Waals surface area (Å²) in [5.41, 5.74) is 1.35.